The molecule has 1 aromatic carbocycles. The molecule has 0 spiro atoms. The highest BCUT2D eigenvalue weighted by molar-refractivity contribution is 5.58. The van der Waals surface area contributed by atoms with Gasteiger partial charge in [-0.1, -0.05) is 26.8 Å². The van der Waals surface area contributed by atoms with Gasteiger partial charge in [0, 0.05) is 6.54 Å². The van der Waals surface area contributed by atoms with Gasteiger partial charge in [0.25, 0.3) is 0 Å². The Balaban J connectivity index is 2.75. The van der Waals surface area contributed by atoms with Crippen LogP contribution in [0.2, 0.25) is 0 Å². The third-order valence-electron chi connectivity index (χ3n) is 3.19. The van der Waals surface area contributed by atoms with Crippen LogP contribution in [0.15, 0.2) is 18.2 Å². The van der Waals surface area contributed by atoms with E-state index in [9.17, 15) is 0 Å². The molecule has 3 heteroatoms. The van der Waals surface area contributed by atoms with Crippen molar-refractivity contribution in [1.29, 1.82) is 0 Å². The van der Waals surface area contributed by atoms with Gasteiger partial charge in [0.15, 0.2) is 0 Å². The van der Waals surface area contributed by atoms with E-state index in [1.54, 1.807) is 7.11 Å². The lowest BCUT2D eigenvalue weighted by molar-refractivity contribution is 0.415. The molecule has 0 saturated carbocycles. The first kappa shape index (κ1) is 14.8. The van der Waals surface area contributed by atoms with E-state index in [0.29, 0.717) is 11.8 Å². The second-order valence-electron chi connectivity index (χ2n) is 5.18. The van der Waals surface area contributed by atoms with Crippen molar-refractivity contribution in [1.82, 2.24) is 0 Å². The summed E-state index contributed by atoms with van der Waals surface area (Å²) in [5, 5.41) is 3.46. The number of hydrogen-bond acceptors (Lipinski definition) is 3. The molecule has 0 heterocycles. The maximum atomic E-state index is 5.57. The number of rotatable bonds is 7. The Hall–Kier alpha value is -1.22. The Bertz CT molecular complexity index is 364. The minimum Gasteiger partial charge on any atom is -0.495 e. The molecule has 0 bridgehead atoms. The van der Waals surface area contributed by atoms with E-state index in [1.807, 2.05) is 6.07 Å². The fourth-order valence-corrected chi connectivity index (χ4v) is 1.89. The van der Waals surface area contributed by atoms with Crippen LogP contribution in [0.4, 0.5) is 5.69 Å². The molecule has 1 rings (SSSR count). The number of nitrogens with two attached hydrogens (primary N) is 1. The molecule has 0 radical (unpaired) electrons. The van der Waals surface area contributed by atoms with Gasteiger partial charge in [-0.3, -0.25) is 0 Å². The second kappa shape index (κ2) is 7.27. The monoisotopic (exact) mass is 250 g/mol. The number of ether oxygens (including phenoxy) is 1. The minimum atomic E-state index is 0.526. The molecule has 1 aromatic rings. The molecule has 0 aromatic heterocycles. The van der Waals surface area contributed by atoms with E-state index < -0.39 is 0 Å². The largest absolute Gasteiger partial charge is 0.495 e. The molecule has 0 aliphatic carbocycles. The normalized spacial score (nSPS) is 12.6. The van der Waals surface area contributed by atoms with Crippen LogP contribution in [0.1, 0.15) is 38.7 Å². The second-order valence-corrected chi connectivity index (χ2v) is 5.18. The van der Waals surface area contributed by atoms with Gasteiger partial charge in [0.05, 0.1) is 12.8 Å². The van der Waals surface area contributed by atoms with Crippen LogP contribution in [0.25, 0.3) is 0 Å². The zero-order valence-corrected chi connectivity index (χ0v) is 12.0. The maximum Gasteiger partial charge on any atom is 0.141 e. The standard InChI is InChI=1S/C15H26N2O/c1-11(2)13-5-6-15(18-4)14(9-13)17-10-12(3)7-8-16/h5-6,9,11-12,17H,7-8,10,16H2,1-4H3. The minimum absolute atomic E-state index is 0.526. The molecular weight excluding hydrogens is 224 g/mol. The summed E-state index contributed by atoms with van der Waals surface area (Å²) in [7, 11) is 1.71. The highest BCUT2D eigenvalue weighted by Gasteiger charge is 2.08. The van der Waals surface area contributed by atoms with Crippen molar-refractivity contribution in [3.63, 3.8) is 0 Å². The predicted molar refractivity (Wildman–Crippen MR) is 78.4 cm³/mol. The average Bonchev–Trinajstić information content (AvgIpc) is 2.36. The van der Waals surface area contributed by atoms with Gasteiger partial charge in [0.2, 0.25) is 0 Å². The van der Waals surface area contributed by atoms with Gasteiger partial charge >= 0.3 is 0 Å². The molecule has 1 unspecified atom stereocenters. The molecule has 0 aliphatic heterocycles. The van der Waals surface area contributed by atoms with E-state index in [0.717, 1.165) is 30.9 Å². The molecule has 0 amide bonds. The van der Waals surface area contributed by atoms with Crippen molar-refractivity contribution in [2.75, 3.05) is 25.5 Å². The first-order valence-electron chi connectivity index (χ1n) is 6.70. The van der Waals surface area contributed by atoms with Gasteiger partial charge in [-0.2, -0.15) is 0 Å². The average molecular weight is 250 g/mol. The lowest BCUT2D eigenvalue weighted by Crippen LogP contribution is -2.15. The highest BCUT2D eigenvalue weighted by Crippen LogP contribution is 2.28. The lowest BCUT2D eigenvalue weighted by Gasteiger charge is -2.17. The van der Waals surface area contributed by atoms with E-state index >= 15 is 0 Å². The van der Waals surface area contributed by atoms with E-state index in [-0.39, 0.29) is 0 Å². The summed E-state index contributed by atoms with van der Waals surface area (Å²) in [6, 6.07) is 6.34. The Morgan fingerprint density at radius 1 is 1.28 bits per heavy atom. The molecule has 0 aliphatic rings. The van der Waals surface area contributed by atoms with E-state index in [4.69, 9.17) is 10.5 Å². The predicted octanol–water partition coefficient (Wildman–Crippen LogP) is 3.22. The molecule has 3 nitrogen and oxygen atoms in total. The molecule has 18 heavy (non-hydrogen) atoms. The van der Waals surface area contributed by atoms with Crippen LogP contribution in [0.3, 0.4) is 0 Å². The van der Waals surface area contributed by atoms with Crippen LogP contribution < -0.4 is 15.8 Å². The zero-order chi connectivity index (χ0) is 13.5. The van der Waals surface area contributed by atoms with Crippen LogP contribution in [-0.4, -0.2) is 20.2 Å². The molecule has 1 atom stereocenters. The summed E-state index contributed by atoms with van der Waals surface area (Å²) in [5.41, 5.74) is 7.97. The first-order valence-corrected chi connectivity index (χ1v) is 6.70. The fraction of sp³-hybridized carbons (Fsp3) is 0.600. The summed E-state index contributed by atoms with van der Waals surface area (Å²) < 4.78 is 5.39. The summed E-state index contributed by atoms with van der Waals surface area (Å²) in [6.07, 6.45) is 1.04. The highest BCUT2D eigenvalue weighted by atomic mass is 16.5. The number of anilines is 1. The Kier molecular flexibility index (Phi) is 5.99. The first-order chi connectivity index (χ1) is 8.58. The van der Waals surface area contributed by atoms with Crippen molar-refractivity contribution in [3.8, 4) is 5.75 Å². The van der Waals surface area contributed by atoms with Crippen molar-refractivity contribution >= 4 is 5.69 Å². The van der Waals surface area contributed by atoms with Gasteiger partial charge in [-0.15, -0.1) is 0 Å². The van der Waals surface area contributed by atoms with E-state index in [2.05, 4.69) is 38.2 Å². The third kappa shape index (κ3) is 4.22. The number of nitrogens with one attached hydrogen (secondary N) is 1. The SMILES string of the molecule is COc1ccc(C(C)C)cc1NCC(C)CCN. The summed E-state index contributed by atoms with van der Waals surface area (Å²) >= 11 is 0. The maximum absolute atomic E-state index is 5.57. The molecule has 0 fully saturated rings. The fourth-order valence-electron chi connectivity index (χ4n) is 1.89. The molecule has 0 saturated heterocycles. The number of hydrogen-bond donors (Lipinski definition) is 2. The zero-order valence-electron chi connectivity index (χ0n) is 12.0. The van der Waals surface area contributed by atoms with E-state index in [1.165, 1.54) is 5.56 Å². The summed E-state index contributed by atoms with van der Waals surface area (Å²) in [6.45, 7) is 8.27. The van der Waals surface area contributed by atoms with Crippen LogP contribution in [0, 0.1) is 5.92 Å². The topological polar surface area (TPSA) is 47.3 Å². The van der Waals surface area contributed by atoms with Crippen molar-refractivity contribution in [3.05, 3.63) is 23.8 Å². The molecule has 102 valence electrons. The Morgan fingerprint density at radius 2 is 2.00 bits per heavy atom. The van der Waals surface area contributed by atoms with Gasteiger partial charge in [-0.05, 0) is 42.5 Å². The lowest BCUT2D eigenvalue weighted by atomic mass is 10.0. The molecule has 3 N–H and O–H groups in total. The molecular formula is C15H26N2O. The van der Waals surface area contributed by atoms with Crippen LogP contribution >= 0.6 is 0 Å². The van der Waals surface area contributed by atoms with Crippen LogP contribution in [-0.2, 0) is 0 Å². The summed E-state index contributed by atoms with van der Waals surface area (Å²) in [5.74, 6) is 2.00. The summed E-state index contributed by atoms with van der Waals surface area (Å²) in [4.78, 5) is 0. The van der Waals surface area contributed by atoms with Gasteiger partial charge in [0.1, 0.15) is 5.75 Å². The van der Waals surface area contributed by atoms with Gasteiger partial charge in [-0.25, -0.2) is 0 Å². The van der Waals surface area contributed by atoms with Gasteiger partial charge < -0.3 is 15.8 Å². The van der Waals surface area contributed by atoms with Crippen molar-refractivity contribution in [2.24, 2.45) is 11.7 Å². The number of methoxy groups -OCH3 is 1. The Labute approximate surface area is 111 Å². The quantitative estimate of drug-likeness (QED) is 0.781. The number of benzene rings is 1. The smallest absolute Gasteiger partial charge is 0.141 e. The third-order valence-corrected chi connectivity index (χ3v) is 3.19. The van der Waals surface area contributed by atoms with Crippen LogP contribution in [0.5, 0.6) is 5.75 Å². The Morgan fingerprint density at radius 3 is 2.56 bits per heavy atom. The van der Waals surface area contributed by atoms with Crippen molar-refractivity contribution < 1.29 is 4.74 Å². The van der Waals surface area contributed by atoms with Crippen molar-refractivity contribution in [2.45, 2.75) is 33.1 Å².